The fourth-order valence-corrected chi connectivity index (χ4v) is 4.72. The topological polar surface area (TPSA) is 42.0 Å². The van der Waals surface area contributed by atoms with Crippen LogP contribution in [0.5, 0.6) is 0 Å². The molecule has 23 heavy (non-hydrogen) atoms. The molecular weight excluding hydrogens is 391 g/mol. The largest absolute Gasteiger partial charge is 0.301 e. The second kappa shape index (κ2) is 7.68. The summed E-state index contributed by atoms with van der Waals surface area (Å²) in [6.07, 6.45) is 0. The molecule has 8 heteroatoms. The Hall–Kier alpha value is -1.05. The molecule has 0 aliphatic heterocycles. The summed E-state index contributed by atoms with van der Waals surface area (Å²) in [7, 11) is 0. The molecule has 2 heterocycles. The average Bonchev–Trinajstić information content (AvgIpc) is 3.12. The van der Waals surface area contributed by atoms with Crippen LogP contribution < -0.4 is 5.32 Å². The molecule has 1 amide bonds. The van der Waals surface area contributed by atoms with E-state index in [0.717, 1.165) is 10.5 Å². The lowest BCUT2D eigenvalue weighted by Gasteiger charge is -2.01. The zero-order valence-electron chi connectivity index (χ0n) is 11.6. The summed E-state index contributed by atoms with van der Waals surface area (Å²) in [5.74, 6) is 0.249. The Morgan fingerprint density at radius 3 is 2.74 bits per heavy atom. The maximum absolute atomic E-state index is 12.0. The van der Waals surface area contributed by atoms with Gasteiger partial charge in [-0.15, -0.1) is 34.4 Å². The molecule has 3 rings (SSSR count). The number of carbonyl (C=O) groups is 1. The number of carbonyl (C=O) groups excluding carboxylic acids is 1. The number of aromatic nitrogens is 1. The van der Waals surface area contributed by atoms with E-state index in [2.05, 4.69) is 10.3 Å². The Labute approximate surface area is 155 Å². The van der Waals surface area contributed by atoms with Gasteiger partial charge in [0.25, 0.3) is 0 Å². The van der Waals surface area contributed by atoms with E-state index in [1.54, 1.807) is 6.07 Å². The number of nitrogens with zero attached hydrogens (tertiary/aromatic N) is 1. The number of anilines is 1. The van der Waals surface area contributed by atoms with Crippen LogP contribution in [0.4, 0.5) is 5.13 Å². The molecule has 3 nitrogen and oxygen atoms in total. The van der Waals surface area contributed by atoms with Gasteiger partial charge in [0.2, 0.25) is 5.91 Å². The first-order valence-electron chi connectivity index (χ1n) is 6.50. The average molecular weight is 401 g/mol. The van der Waals surface area contributed by atoms with Crippen molar-refractivity contribution in [3.8, 4) is 11.3 Å². The fraction of sp³-hybridized carbons (Fsp3) is 0.0667. The highest BCUT2D eigenvalue weighted by Crippen LogP contribution is 2.39. The molecule has 0 unspecified atom stereocenters. The van der Waals surface area contributed by atoms with E-state index < -0.39 is 0 Å². The van der Waals surface area contributed by atoms with Gasteiger partial charge in [0.15, 0.2) is 5.13 Å². The molecule has 3 aromatic rings. The van der Waals surface area contributed by atoms with Gasteiger partial charge in [0.1, 0.15) is 4.34 Å². The summed E-state index contributed by atoms with van der Waals surface area (Å²) in [5, 5.41) is 5.21. The summed E-state index contributed by atoms with van der Waals surface area (Å²) >= 11 is 16.2. The van der Waals surface area contributed by atoms with Crippen LogP contribution >= 0.6 is 57.6 Å². The maximum atomic E-state index is 12.0. The van der Waals surface area contributed by atoms with Crippen molar-refractivity contribution in [2.45, 2.75) is 4.90 Å². The van der Waals surface area contributed by atoms with E-state index in [0.29, 0.717) is 25.3 Å². The molecule has 1 N–H and O–H groups in total. The molecule has 118 valence electrons. The van der Waals surface area contributed by atoms with Crippen molar-refractivity contribution in [1.29, 1.82) is 0 Å². The Morgan fingerprint density at radius 2 is 2.04 bits per heavy atom. The van der Waals surface area contributed by atoms with Gasteiger partial charge in [-0.2, -0.15) is 0 Å². The summed E-state index contributed by atoms with van der Waals surface area (Å²) in [6.45, 7) is 0. The van der Waals surface area contributed by atoms with Crippen LogP contribution in [0.3, 0.4) is 0 Å². The number of amides is 1. The quantitative estimate of drug-likeness (QED) is 0.541. The highest BCUT2D eigenvalue weighted by molar-refractivity contribution is 8.00. The molecular formula is C15H10Cl2N2OS3. The molecule has 0 bridgehead atoms. The number of benzene rings is 1. The van der Waals surface area contributed by atoms with Crippen molar-refractivity contribution < 1.29 is 4.79 Å². The lowest BCUT2D eigenvalue weighted by atomic mass is 10.3. The van der Waals surface area contributed by atoms with E-state index in [1.165, 1.54) is 34.4 Å². The van der Waals surface area contributed by atoms with Crippen molar-refractivity contribution in [2.75, 3.05) is 11.1 Å². The summed E-state index contributed by atoms with van der Waals surface area (Å²) in [6, 6.07) is 11.6. The van der Waals surface area contributed by atoms with E-state index in [9.17, 15) is 4.79 Å². The summed E-state index contributed by atoms with van der Waals surface area (Å²) in [4.78, 5) is 17.4. The van der Waals surface area contributed by atoms with Crippen LogP contribution in [0, 0.1) is 0 Å². The number of hydrogen-bond donors (Lipinski definition) is 1. The molecule has 2 aromatic heterocycles. The Balaban J connectivity index is 1.60. The molecule has 0 radical (unpaired) electrons. The van der Waals surface area contributed by atoms with Crippen LogP contribution in [-0.2, 0) is 4.79 Å². The maximum Gasteiger partial charge on any atom is 0.236 e. The van der Waals surface area contributed by atoms with Gasteiger partial charge in [-0.05, 0) is 18.2 Å². The zero-order chi connectivity index (χ0) is 16.2. The predicted molar refractivity (Wildman–Crippen MR) is 101 cm³/mol. The molecule has 0 atom stereocenters. The lowest BCUT2D eigenvalue weighted by molar-refractivity contribution is -0.113. The number of halogens is 2. The summed E-state index contributed by atoms with van der Waals surface area (Å²) in [5.41, 5.74) is 1.51. The number of thioether (sulfide) groups is 1. The summed E-state index contributed by atoms with van der Waals surface area (Å²) < 4.78 is 1.21. The SMILES string of the molecule is O=C(CSc1ccccc1)Nc1nc(-c2cc(Cl)sc2Cl)cs1. The van der Waals surface area contributed by atoms with E-state index in [-0.39, 0.29) is 5.91 Å². The van der Waals surface area contributed by atoms with Crippen LogP contribution in [-0.4, -0.2) is 16.6 Å². The Morgan fingerprint density at radius 1 is 1.26 bits per heavy atom. The molecule has 0 saturated heterocycles. The number of hydrogen-bond acceptors (Lipinski definition) is 5. The Bertz CT molecular complexity index is 817. The van der Waals surface area contributed by atoms with Gasteiger partial charge in [0, 0.05) is 15.8 Å². The third-order valence-electron chi connectivity index (χ3n) is 2.80. The third kappa shape index (κ3) is 4.49. The van der Waals surface area contributed by atoms with Crippen LogP contribution in [0.15, 0.2) is 46.7 Å². The van der Waals surface area contributed by atoms with Crippen molar-refractivity contribution in [3.63, 3.8) is 0 Å². The minimum Gasteiger partial charge on any atom is -0.301 e. The van der Waals surface area contributed by atoms with Gasteiger partial charge in [-0.25, -0.2) is 4.98 Å². The number of thiazole rings is 1. The van der Waals surface area contributed by atoms with E-state index in [1.807, 2.05) is 35.7 Å². The van der Waals surface area contributed by atoms with Gasteiger partial charge < -0.3 is 5.32 Å². The van der Waals surface area contributed by atoms with Gasteiger partial charge in [-0.1, -0.05) is 41.4 Å². The van der Waals surface area contributed by atoms with Crippen molar-refractivity contribution >= 4 is 68.7 Å². The van der Waals surface area contributed by atoms with Crippen molar-refractivity contribution in [1.82, 2.24) is 4.98 Å². The molecule has 0 aliphatic carbocycles. The molecule has 0 saturated carbocycles. The predicted octanol–water partition coefficient (Wildman–Crippen LogP) is 5.91. The number of thiophene rings is 1. The highest BCUT2D eigenvalue weighted by atomic mass is 35.5. The second-order valence-corrected chi connectivity index (χ2v) is 8.62. The van der Waals surface area contributed by atoms with Crippen LogP contribution in [0.25, 0.3) is 11.3 Å². The van der Waals surface area contributed by atoms with Crippen LogP contribution in [0.2, 0.25) is 8.67 Å². The minimum atomic E-state index is -0.0887. The first-order valence-corrected chi connectivity index (χ1v) is 9.94. The molecule has 1 aromatic carbocycles. The molecule has 0 aliphatic rings. The Kier molecular flexibility index (Phi) is 5.61. The second-order valence-electron chi connectivity index (χ2n) is 4.43. The number of nitrogens with one attached hydrogen (secondary N) is 1. The first-order chi connectivity index (χ1) is 11.1. The van der Waals surface area contributed by atoms with Gasteiger partial charge in [-0.3, -0.25) is 4.79 Å². The lowest BCUT2D eigenvalue weighted by Crippen LogP contribution is -2.13. The fourth-order valence-electron chi connectivity index (χ4n) is 1.79. The minimum absolute atomic E-state index is 0.0887. The van der Waals surface area contributed by atoms with E-state index >= 15 is 0 Å². The smallest absolute Gasteiger partial charge is 0.236 e. The van der Waals surface area contributed by atoms with Gasteiger partial charge >= 0.3 is 0 Å². The van der Waals surface area contributed by atoms with E-state index in [4.69, 9.17) is 23.2 Å². The highest BCUT2D eigenvalue weighted by Gasteiger charge is 2.13. The first kappa shape index (κ1) is 16.8. The molecule has 0 spiro atoms. The van der Waals surface area contributed by atoms with Crippen molar-refractivity contribution in [2.24, 2.45) is 0 Å². The zero-order valence-corrected chi connectivity index (χ0v) is 15.5. The monoisotopic (exact) mass is 400 g/mol. The molecule has 0 fully saturated rings. The number of rotatable bonds is 5. The van der Waals surface area contributed by atoms with Crippen LogP contribution in [0.1, 0.15) is 0 Å². The third-order valence-corrected chi connectivity index (χ3v) is 6.05. The van der Waals surface area contributed by atoms with Gasteiger partial charge in [0.05, 0.1) is 15.8 Å². The normalized spacial score (nSPS) is 10.7. The van der Waals surface area contributed by atoms with Crippen molar-refractivity contribution in [3.05, 3.63) is 50.5 Å². The standard InChI is InChI=1S/C15H10Cl2N2OS3/c16-12-6-10(14(17)23-12)11-7-22-15(18-11)19-13(20)8-21-9-4-2-1-3-5-9/h1-7H,8H2,(H,18,19,20).